The van der Waals surface area contributed by atoms with Crippen molar-refractivity contribution in [3.8, 4) is 0 Å². The van der Waals surface area contributed by atoms with Gasteiger partial charge in [0.05, 0.1) is 5.60 Å². The fourth-order valence-corrected chi connectivity index (χ4v) is 3.37. The van der Waals surface area contributed by atoms with Gasteiger partial charge in [0.2, 0.25) is 0 Å². The zero-order chi connectivity index (χ0) is 13.2. The molecule has 0 aromatic carbocycles. The Morgan fingerprint density at radius 1 is 1.17 bits per heavy atom. The molecule has 0 amide bonds. The summed E-state index contributed by atoms with van der Waals surface area (Å²) >= 11 is 0. The Kier molecular flexibility index (Phi) is 4.64. The summed E-state index contributed by atoms with van der Waals surface area (Å²) in [6, 6.07) is 1.12. The van der Waals surface area contributed by atoms with Gasteiger partial charge in [-0.2, -0.15) is 0 Å². The summed E-state index contributed by atoms with van der Waals surface area (Å²) in [5.74, 6) is 0. The standard InChI is InChI=1S/C14H29N3O/c1-14(2,18)11-16-6-8-17(9-7-16)13-5-3-4-12(15)10-13/h12-13,18H,3-11,15H2,1-2H3. The van der Waals surface area contributed by atoms with E-state index < -0.39 is 5.60 Å². The van der Waals surface area contributed by atoms with Gasteiger partial charge in [0.25, 0.3) is 0 Å². The maximum atomic E-state index is 9.85. The molecule has 2 atom stereocenters. The molecule has 0 radical (unpaired) electrons. The molecular formula is C14H29N3O. The molecule has 3 N–H and O–H groups in total. The topological polar surface area (TPSA) is 52.7 Å². The van der Waals surface area contributed by atoms with E-state index in [9.17, 15) is 5.11 Å². The minimum absolute atomic E-state index is 0.415. The van der Waals surface area contributed by atoms with Crippen LogP contribution in [0, 0.1) is 0 Å². The van der Waals surface area contributed by atoms with Crippen LogP contribution in [0.3, 0.4) is 0 Å². The van der Waals surface area contributed by atoms with E-state index in [1.54, 1.807) is 0 Å². The molecule has 106 valence electrons. The minimum Gasteiger partial charge on any atom is -0.389 e. The monoisotopic (exact) mass is 255 g/mol. The number of piperazine rings is 1. The molecule has 0 aromatic rings. The molecule has 4 heteroatoms. The molecule has 0 bridgehead atoms. The lowest BCUT2D eigenvalue weighted by atomic mass is 9.90. The zero-order valence-electron chi connectivity index (χ0n) is 11.9. The van der Waals surface area contributed by atoms with Gasteiger partial charge in [0.1, 0.15) is 0 Å². The number of aliphatic hydroxyl groups is 1. The molecule has 0 spiro atoms. The Morgan fingerprint density at radius 2 is 1.83 bits per heavy atom. The fourth-order valence-electron chi connectivity index (χ4n) is 3.37. The average Bonchev–Trinajstić information content (AvgIpc) is 2.28. The van der Waals surface area contributed by atoms with E-state index in [-0.39, 0.29) is 0 Å². The quantitative estimate of drug-likeness (QED) is 0.777. The summed E-state index contributed by atoms with van der Waals surface area (Å²) in [6.45, 7) is 8.98. The van der Waals surface area contributed by atoms with Crippen LogP contribution in [0.1, 0.15) is 39.5 Å². The van der Waals surface area contributed by atoms with Gasteiger partial charge in [-0.1, -0.05) is 6.42 Å². The first-order chi connectivity index (χ1) is 8.44. The molecule has 2 fully saturated rings. The largest absolute Gasteiger partial charge is 0.389 e. The lowest BCUT2D eigenvalue weighted by Gasteiger charge is -2.43. The maximum absolute atomic E-state index is 9.85. The summed E-state index contributed by atoms with van der Waals surface area (Å²) in [4.78, 5) is 4.99. The van der Waals surface area contributed by atoms with E-state index in [0.29, 0.717) is 12.1 Å². The van der Waals surface area contributed by atoms with Gasteiger partial charge in [-0.15, -0.1) is 0 Å². The highest BCUT2D eigenvalue weighted by Gasteiger charge is 2.29. The van der Waals surface area contributed by atoms with Gasteiger partial charge in [0, 0.05) is 44.8 Å². The molecule has 1 aliphatic heterocycles. The van der Waals surface area contributed by atoms with Crippen LogP contribution in [0.4, 0.5) is 0 Å². The first-order valence-corrected chi connectivity index (χ1v) is 7.38. The number of nitrogens with two attached hydrogens (primary N) is 1. The SMILES string of the molecule is CC(C)(O)CN1CCN(C2CCCC(N)C2)CC1. The van der Waals surface area contributed by atoms with Gasteiger partial charge in [-0.05, 0) is 33.1 Å². The van der Waals surface area contributed by atoms with Crippen molar-refractivity contribution in [2.45, 2.75) is 57.2 Å². The molecule has 1 heterocycles. The lowest BCUT2D eigenvalue weighted by Crippen LogP contribution is -2.54. The molecule has 1 aliphatic carbocycles. The number of hydrogen-bond acceptors (Lipinski definition) is 4. The van der Waals surface area contributed by atoms with Crippen LogP contribution in [-0.2, 0) is 0 Å². The molecule has 4 nitrogen and oxygen atoms in total. The number of rotatable bonds is 3. The summed E-state index contributed by atoms with van der Waals surface area (Å²) in [5.41, 5.74) is 5.50. The molecule has 2 aliphatic rings. The molecular weight excluding hydrogens is 226 g/mol. The Bertz CT molecular complexity index is 256. The average molecular weight is 255 g/mol. The second-order valence-corrected chi connectivity index (χ2v) is 6.71. The maximum Gasteiger partial charge on any atom is 0.0718 e. The third kappa shape index (κ3) is 4.19. The summed E-state index contributed by atoms with van der Waals surface area (Å²) < 4.78 is 0. The van der Waals surface area contributed by atoms with Crippen molar-refractivity contribution in [3.63, 3.8) is 0 Å². The van der Waals surface area contributed by atoms with Crippen LogP contribution in [0.15, 0.2) is 0 Å². The van der Waals surface area contributed by atoms with Crippen LogP contribution < -0.4 is 5.73 Å². The zero-order valence-corrected chi connectivity index (χ0v) is 11.9. The Hall–Kier alpha value is -0.160. The third-order valence-corrected chi connectivity index (χ3v) is 4.22. The predicted molar refractivity (Wildman–Crippen MR) is 74.5 cm³/mol. The Balaban J connectivity index is 1.76. The summed E-state index contributed by atoms with van der Waals surface area (Å²) in [7, 11) is 0. The van der Waals surface area contributed by atoms with E-state index >= 15 is 0 Å². The normalized spacial score (nSPS) is 32.7. The predicted octanol–water partition coefficient (Wildman–Crippen LogP) is 0.645. The number of hydrogen-bond donors (Lipinski definition) is 2. The van der Waals surface area contributed by atoms with Gasteiger partial charge in [-0.25, -0.2) is 0 Å². The van der Waals surface area contributed by atoms with Crippen LogP contribution in [-0.4, -0.2) is 65.3 Å². The van der Waals surface area contributed by atoms with Gasteiger partial charge in [0.15, 0.2) is 0 Å². The van der Waals surface area contributed by atoms with Crippen LogP contribution in [0.25, 0.3) is 0 Å². The molecule has 1 saturated carbocycles. The van der Waals surface area contributed by atoms with Crippen molar-refractivity contribution in [2.24, 2.45) is 5.73 Å². The fraction of sp³-hybridized carbons (Fsp3) is 1.00. The first-order valence-electron chi connectivity index (χ1n) is 7.38. The summed E-state index contributed by atoms with van der Waals surface area (Å²) in [5, 5.41) is 9.85. The van der Waals surface area contributed by atoms with Gasteiger partial charge < -0.3 is 10.8 Å². The highest BCUT2D eigenvalue weighted by atomic mass is 16.3. The second kappa shape index (κ2) is 5.87. The van der Waals surface area contributed by atoms with Crippen molar-refractivity contribution in [1.29, 1.82) is 0 Å². The van der Waals surface area contributed by atoms with Crippen LogP contribution in [0.2, 0.25) is 0 Å². The summed E-state index contributed by atoms with van der Waals surface area (Å²) in [6.07, 6.45) is 4.98. The van der Waals surface area contributed by atoms with E-state index in [4.69, 9.17) is 5.73 Å². The highest BCUT2D eigenvalue weighted by Crippen LogP contribution is 2.23. The molecule has 1 saturated heterocycles. The highest BCUT2D eigenvalue weighted by molar-refractivity contribution is 4.86. The molecule has 2 unspecified atom stereocenters. The Labute approximate surface area is 111 Å². The van der Waals surface area contributed by atoms with Gasteiger partial charge >= 0.3 is 0 Å². The van der Waals surface area contributed by atoms with E-state index in [1.165, 1.54) is 25.7 Å². The molecule has 2 rings (SSSR count). The molecule has 18 heavy (non-hydrogen) atoms. The lowest BCUT2D eigenvalue weighted by molar-refractivity contribution is 0.00692. The van der Waals surface area contributed by atoms with Crippen LogP contribution >= 0.6 is 0 Å². The van der Waals surface area contributed by atoms with Crippen molar-refractivity contribution in [3.05, 3.63) is 0 Å². The van der Waals surface area contributed by atoms with E-state index in [1.807, 2.05) is 13.8 Å². The minimum atomic E-state index is -0.574. The smallest absolute Gasteiger partial charge is 0.0718 e. The van der Waals surface area contributed by atoms with Crippen molar-refractivity contribution in [1.82, 2.24) is 9.80 Å². The first kappa shape index (κ1) is 14.3. The van der Waals surface area contributed by atoms with Crippen molar-refractivity contribution < 1.29 is 5.11 Å². The van der Waals surface area contributed by atoms with Crippen molar-refractivity contribution in [2.75, 3.05) is 32.7 Å². The Morgan fingerprint density at radius 3 is 2.39 bits per heavy atom. The van der Waals surface area contributed by atoms with Crippen LogP contribution in [0.5, 0.6) is 0 Å². The third-order valence-electron chi connectivity index (χ3n) is 4.22. The van der Waals surface area contributed by atoms with Crippen molar-refractivity contribution >= 4 is 0 Å². The van der Waals surface area contributed by atoms with E-state index in [2.05, 4.69) is 9.80 Å². The second-order valence-electron chi connectivity index (χ2n) is 6.71. The molecule has 0 aromatic heterocycles. The van der Waals surface area contributed by atoms with Gasteiger partial charge in [-0.3, -0.25) is 9.80 Å². The number of nitrogens with zero attached hydrogens (tertiary/aromatic N) is 2. The number of β-amino-alcohol motifs (C(OH)–C–C–N with tert-alkyl or cyclic N) is 1. The van der Waals surface area contributed by atoms with E-state index in [0.717, 1.165) is 32.7 Å².